The van der Waals surface area contributed by atoms with Crippen LogP contribution in [0.15, 0.2) is 12.3 Å². The first-order valence-electron chi connectivity index (χ1n) is 11.7. The second kappa shape index (κ2) is 9.94. The van der Waals surface area contributed by atoms with Crippen LogP contribution >= 0.6 is 0 Å². The molecule has 5 aliphatic rings. The number of hydrogen-bond donors (Lipinski definition) is 9. The summed E-state index contributed by atoms with van der Waals surface area (Å²) in [6, 6.07) is 0. The Bertz CT molecular complexity index is 812. The fourth-order valence-corrected chi connectivity index (χ4v) is 5.56. The zero-order valence-electron chi connectivity index (χ0n) is 18.9. The highest BCUT2D eigenvalue weighted by Gasteiger charge is 2.75. The van der Waals surface area contributed by atoms with Crippen LogP contribution in [-0.4, -0.2) is 151 Å². The van der Waals surface area contributed by atoms with Crippen molar-refractivity contribution in [3.8, 4) is 0 Å². The van der Waals surface area contributed by atoms with Crippen molar-refractivity contribution in [2.24, 2.45) is 11.8 Å². The van der Waals surface area contributed by atoms with Gasteiger partial charge in [0, 0.05) is 5.92 Å². The van der Waals surface area contributed by atoms with Crippen molar-refractivity contribution in [2.45, 2.75) is 85.5 Å². The smallest absolute Gasteiger partial charge is 0.208 e. The topological polar surface area (TPSA) is 241 Å². The van der Waals surface area contributed by atoms with Gasteiger partial charge in [-0.1, -0.05) is 0 Å². The number of epoxide rings is 1. The molecule has 0 aromatic heterocycles. The second-order valence-corrected chi connectivity index (χ2v) is 9.76. The van der Waals surface area contributed by atoms with Crippen molar-refractivity contribution in [3.63, 3.8) is 0 Å². The molecule has 36 heavy (non-hydrogen) atoms. The molecule has 1 saturated carbocycles. The molecule has 4 aliphatic heterocycles. The number of aliphatic hydroxyl groups excluding tert-OH is 9. The first kappa shape index (κ1) is 26.6. The van der Waals surface area contributed by atoms with Crippen LogP contribution in [0, 0.1) is 11.8 Å². The molecular formula is C21H32O15. The number of fused-ring (bicyclic) bond motifs is 3. The summed E-state index contributed by atoms with van der Waals surface area (Å²) >= 11 is 0. The molecule has 0 aromatic carbocycles. The highest BCUT2D eigenvalue weighted by molar-refractivity contribution is 5.24. The highest BCUT2D eigenvalue weighted by Crippen LogP contribution is 2.59. The first-order valence-corrected chi connectivity index (χ1v) is 11.7. The zero-order valence-corrected chi connectivity index (χ0v) is 18.9. The van der Waals surface area contributed by atoms with E-state index in [0.29, 0.717) is 0 Å². The molecule has 206 valence electrons. The lowest BCUT2D eigenvalue weighted by atomic mass is 9.85. The molecule has 9 N–H and O–H groups in total. The van der Waals surface area contributed by atoms with Gasteiger partial charge in [-0.3, -0.25) is 0 Å². The van der Waals surface area contributed by atoms with E-state index < -0.39 is 117 Å². The SMILES string of the molecule is OC[C@@H]1O[C@H](OC[C@H]2O[C@H](O[C@@H]3OC=C[C@@H]4[C@@H](O)[C@H]5O[C@@]5(CO)[C@@H]34)[C@@H](O)[C@@H](O)[C@@H]2O)[C@@H](O)[C@H](O)[C@@H]1O. The third-order valence-electron chi connectivity index (χ3n) is 7.72. The Morgan fingerprint density at radius 3 is 2.03 bits per heavy atom. The summed E-state index contributed by atoms with van der Waals surface area (Å²) in [5.41, 5.74) is -1.09. The molecule has 0 bridgehead atoms. The molecule has 0 amide bonds. The fourth-order valence-electron chi connectivity index (χ4n) is 5.56. The van der Waals surface area contributed by atoms with E-state index in [4.69, 9.17) is 28.4 Å². The summed E-state index contributed by atoms with van der Waals surface area (Å²) in [6.45, 7) is -1.59. The van der Waals surface area contributed by atoms with Gasteiger partial charge in [0.05, 0.1) is 38.1 Å². The van der Waals surface area contributed by atoms with Crippen LogP contribution in [-0.2, 0) is 28.4 Å². The van der Waals surface area contributed by atoms with E-state index in [2.05, 4.69) is 0 Å². The van der Waals surface area contributed by atoms with Crippen LogP contribution in [0.25, 0.3) is 0 Å². The predicted octanol–water partition coefficient (Wildman–Crippen LogP) is -5.77. The molecule has 0 spiro atoms. The largest absolute Gasteiger partial charge is 0.472 e. The predicted molar refractivity (Wildman–Crippen MR) is 109 cm³/mol. The Balaban J connectivity index is 1.25. The van der Waals surface area contributed by atoms with Gasteiger partial charge >= 0.3 is 0 Å². The molecule has 15 heteroatoms. The Labute approximate surface area is 204 Å². The monoisotopic (exact) mass is 524 g/mol. The molecule has 1 aliphatic carbocycles. The molecule has 16 atom stereocenters. The second-order valence-electron chi connectivity index (χ2n) is 9.76. The van der Waals surface area contributed by atoms with Crippen LogP contribution in [0.2, 0.25) is 0 Å². The van der Waals surface area contributed by atoms with Gasteiger partial charge in [-0.2, -0.15) is 0 Å². The van der Waals surface area contributed by atoms with Gasteiger partial charge in [0.1, 0.15) is 60.5 Å². The van der Waals surface area contributed by atoms with E-state index in [-0.39, 0.29) is 0 Å². The van der Waals surface area contributed by atoms with Crippen molar-refractivity contribution in [1.29, 1.82) is 0 Å². The Kier molecular flexibility index (Phi) is 7.34. The van der Waals surface area contributed by atoms with Crippen LogP contribution in [0.5, 0.6) is 0 Å². The van der Waals surface area contributed by atoms with Gasteiger partial charge in [0.25, 0.3) is 0 Å². The third kappa shape index (κ3) is 4.17. The molecule has 5 rings (SSSR count). The van der Waals surface area contributed by atoms with E-state index in [1.165, 1.54) is 6.26 Å². The standard InChI is InChI=1S/C21H32O15/c22-3-7-11(25)13(27)15(29)19(33-7)32-4-8-12(26)14(28)16(30)20(34-8)35-18-9-6(1-2-31-18)10(24)17-21(9,5-23)36-17/h1-2,6-20,22-30H,3-5H2/t6-,7-,8+,9+,10+,11+,12+,13+,14-,15-,16-,17+,18-,19-,20+,21-/m0/s1. The fraction of sp³-hybridized carbons (Fsp3) is 0.905. The lowest BCUT2D eigenvalue weighted by Gasteiger charge is -2.44. The summed E-state index contributed by atoms with van der Waals surface area (Å²) in [5.74, 6) is -1.12. The molecule has 4 fully saturated rings. The Morgan fingerprint density at radius 2 is 1.36 bits per heavy atom. The Hall–Kier alpha value is -1.02. The minimum atomic E-state index is -1.74. The minimum Gasteiger partial charge on any atom is -0.472 e. The van der Waals surface area contributed by atoms with Gasteiger partial charge in [-0.15, -0.1) is 0 Å². The third-order valence-corrected chi connectivity index (χ3v) is 7.72. The van der Waals surface area contributed by atoms with E-state index >= 15 is 0 Å². The van der Waals surface area contributed by atoms with Crippen LogP contribution in [0.1, 0.15) is 0 Å². The van der Waals surface area contributed by atoms with Crippen LogP contribution in [0.3, 0.4) is 0 Å². The molecule has 0 radical (unpaired) electrons. The van der Waals surface area contributed by atoms with Crippen molar-refractivity contribution in [3.05, 3.63) is 12.3 Å². The quantitative estimate of drug-likeness (QED) is 0.141. The van der Waals surface area contributed by atoms with E-state index in [9.17, 15) is 46.0 Å². The molecule has 0 unspecified atom stereocenters. The number of aliphatic hydroxyl groups is 9. The molecule has 0 aromatic rings. The zero-order chi connectivity index (χ0) is 25.9. The summed E-state index contributed by atoms with van der Waals surface area (Å²) < 4.78 is 33.1. The maximum Gasteiger partial charge on any atom is 0.208 e. The lowest BCUT2D eigenvalue weighted by molar-refractivity contribution is -0.355. The minimum absolute atomic E-state index is 0.405. The first-order chi connectivity index (χ1) is 17.1. The summed E-state index contributed by atoms with van der Waals surface area (Å²) in [7, 11) is 0. The van der Waals surface area contributed by atoms with Crippen LogP contribution < -0.4 is 0 Å². The number of hydrogen-bond acceptors (Lipinski definition) is 15. The van der Waals surface area contributed by atoms with Crippen molar-refractivity contribution < 1.29 is 74.4 Å². The van der Waals surface area contributed by atoms with Gasteiger partial charge in [0.15, 0.2) is 12.6 Å². The molecular weight excluding hydrogens is 492 g/mol. The lowest BCUT2D eigenvalue weighted by Crippen LogP contribution is -2.62. The van der Waals surface area contributed by atoms with Gasteiger partial charge in [-0.25, -0.2) is 0 Å². The van der Waals surface area contributed by atoms with Crippen molar-refractivity contribution in [1.82, 2.24) is 0 Å². The van der Waals surface area contributed by atoms with Crippen molar-refractivity contribution in [2.75, 3.05) is 19.8 Å². The normalized spacial score (nSPS) is 56.1. The van der Waals surface area contributed by atoms with Gasteiger partial charge in [-0.05, 0) is 6.08 Å². The van der Waals surface area contributed by atoms with E-state index in [0.717, 1.165) is 0 Å². The maximum atomic E-state index is 10.5. The molecule has 4 heterocycles. The maximum absolute atomic E-state index is 10.5. The molecule has 15 nitrogen and oxygen atoms in total. The van der Waals surface area contributed by atoms with Crippen molar-refractivity contribution >= 4 is 0 Å². The highest BCUT2D eigenvalue weighted by atomic mass is 16.8. The average molecular weight is 524 g/mol. The summed E-state index contributed by atoms with van der Waals surface area (Å²) in [6.07, 6.45) is -15.4. The number of rotatable bonds is 7. The van der Waals surface area contributed by atoms with E-state index in [1.807, 2.05) is 0 Å². The summed E-state index contributed by atoms with van der Waals surface area (Å²) in [5, 5.41) is 90.8. The number of ether oxygens (including phenoxy) is 6. The molecule has 3 saturated heterocycles. The Morgan fingerprint density at radius 1 is 0.722 bits per heavy atom. The van der Waals surface area contributed by atoms with Crippen LogP contribution in [0.4, 0.5) is 0 Å². The average Bonchev–Trinajstić information content (AvgIpc) is 3.57. The van der Waals surface area contributed by atoms with E-state index in [1.54, 1.807) is 6.08 Å². The van der Waals surface area contributed by atoms with Gasteiger partial charge < -0.3 is 74.4 Å². The van der Waals surface area contributed by atoms with Gasteiger partial charge in [0.2, 0.25) is 6.29 Å². The summed E-state index contributed by atoms with van der Waals surface area (Å²) in [4.78, 5) is 0.